The van der Waals surface area contributed by atoms with Gasteiger partial charge in [0.2, 0.25) is 0 Å². The van der Waals surface area contributed by atoms with Gasteiger partial charge < -0.3 is 15.4 Å². The molecule has 0 unspecified atom stereocenters. The minimum atomic E-state index is -1.41. The Morgan fingerprint density at radius 3 is 2.30 bits per heavy atom. The number of carbonyl (C=O) groups is 1. The summed E-state index contributed by atoms with van der Waals surface area (Å²) < 4.78 is 30.0. The summed E-state index contributed by atoms with van der Waals surface area (Å²) in [5, 5.41) is 5.17. The second-order valence-corrected chi connectivity index (χ2v) is 6.16. The van der Waals surface area contributed by atoms with Gasteiger partial charge in [-0.2, -0.15) is 0 Å². The number of halogens is 1. The molecule has 0 aliphatic rings. The number of urea groups is 1. The van der Waals surface area contributed by atoms with Crippen LogP contribution in [0.4, 0.5) is 20.6 Å². The molecular weight excluding hydrogens is 319 g/mol. The zero-order chi connectivity index (χ0) is 16.8. The summed E-state index contributed by atoms with van der Waals surface area (Å²) in [6, 6.07) is 10.7. The van der Waals surface area contributed by atoms with E-state index in [-0.39, 0.29) is 10.6 Å². The number of methoxy groups -OCH3 is 1. The predicted molar refractivity (Wildman–Crippen MR) is 88.5 cm³/mol. The third kappa shape index (κ3) is 4.87. The largest absolute Gasteiger partial charge is 0.380 e. The molecule has 2 rings (SSSR count). The summed E-state index contributed by atoms with van der Waals surface area (Å²) in [5.41, 5.74) is 1.88. The second kappa shape index (κ2) is 7.85. The summed E-state index contributed by atoms with van der Waals surface area (Å²) >= 11 is 0. The SMILES string of the molecule is COCc1ccc(NC(=O)Nc2ccc([S@@](C)=O)c(F)c2)cc1. The lowest BCUT2D eigenvalue weighted by molar-refractivity contribution is 0.185. The smallest absolute Gasteiger partial charge is 0.323 e. The van der Waals surface area contributed by atoms with Gasteiger partial charge in [0.25, 0.3) is 0 Å². The first kappa shape index (κ1) is 17.1. The van der Waals surface area contributed by atoms with Crippen molar-refractivity contribution in [3.63, 3.8) is 0 Å². The number of benzene rings is 2. The van der Waals surface area contributed by atoms with Crippen molar-refractivity contribution in [2.24, 2.45) is 0 Å². The highest BCUT2D eigenvalue weighted by atomic mass is 32.2. The Morgan fingerprint density at radius 2 is 1.74 bits per heavy atom. The van der Waals surface area contributed by atoms with Crippen LogP contribution in [0.25, 0.3) is 0 Å². The van der Waals surface area contributed by atoms with Crippen LogP contribution >= 0.6 is 0 Å². The maximum absolute atomic E-state index is 13.7. The molecule has 2 aromatic carbocycles. The zero-order valence-electron chi connectivity index (χ0n) is 12.8. The molecule has 2 aromatic rings. The van der Waals surface area contributed by atoms with Crippen molar-refractivity contribution in [3.8, 4) is 0 Å². The molecule has 7 heteroatoms. The minimum Gasteiger partial charge on any atom is -0.380 e. The van der Waals surface area contributed by atoms with E-state index in [2.05, 4.69) is 10.6 Å². The molecular formula is C16H17FN2O3S. The first-order chi connectivity index (χ1) is 11.0. The molecule has 2 N–H and O–H groups in total. The molecule has 0 bridgehead atoms. The number of rotatable bonds is 5. The summed E-state index contributed by atoms with van der Waals surface area (Å²) in [6.45, 7) is 0.497. The van der Waals surface area contributed by atoms with Crippen molar-refractivity contribution < 1.29 is 18.1 Å². The van der Waals surface area contributed by atoms with Gasteiger partial charge >= 0.3 is 6.03 Å². The van der Waals surface area contributed by atoms with Gasteiger partial charge in [-0.3, -0.25) is 4.21 Å². The van der Waals surface area contributed by atoms with E-state index in [0.717, 1.165) is 11.6 Å². The molecule has 5 nitrogen and oxygen atoms in total. The van der Waals surface area contributed by atoms with Gasteiger partial charge in [-0.15, -0.1) is 0 Å². The average molecular weight is 336 g/mol. The van der Waals surface area contributed by atoms with Gasteiger partial charge in [0.05, 0.1) is 22.3 Å². The molecule has 2 amide bonds. The molecule has 0 radical (unpaired) electrons. The van der Waals surface area contributed by atoms with Gasteiger partial charge in [-0.25, -0.2) is 9.18 Å². The molecule has 1 atom stereocenters. The summed E-state index contributed by atoms with van der Waals surface area (Å²) in [6.07, 6.45) is 1.39. The lowest BCUT2D eigenvalue weighted by atomic mass is 10.2. The maximum Gasteiger partial charge on any atom is 0.323 e. The molecule has 0 heterocycles. The van der Waals surface area contributed by atoms with Crippen molar-refractivity contribution >= 4 is 28.2 Å². The van der Waals surface area contributed by atoms with Crippen LogP contribution in [0.2, 0.25) is 0 Å². The Bertz CT molecular complexity index is 720. The number of anilines is 2. The first-order valence-electron chi connectivity index (χ1n) is 6.78. The van der Waals surface area contributed by atoms with E-state index in [1.807, 2.05) is 12.1 Å². The topological polar surface area (TPSA) is 67.4 Å². The number of carbonyl (C=O) groups excluding carboxylic acids is 1. The van der Waals surface area contributed by atoms with Gasteiger partial charge in [-0.05, 0) is 35.9 Å². The van der Waals surface area contributed by atoms with Crippen molar-refractivity contribution in [3.05, 3.63) is 53.8 Å². The van der Waals surface area contributed by atoms with Crippen LogP contribution < -0.4 is 10.6 Å². The second-order valence-electron chi connectivity index (χ2n) is 4.81. The van der Waals surface area contributed by atoms with E-state index in [1.54, 1.807) is 19.2 Å². The monoisotopic (exact) mass is 336 g/mol. The maximum atomic E-state index is 13.7. The minimum absolute atomic E-state index is 0.102. The molecule has 0 aliphatic carbocycles. The van der Waals surface area contributed by atoms with Crippen LogP contribution in [0.3, 0.4) is 0 Å². The first-order valence-corrected chi connectivity index (χ1v) is 8.34. The van der Waals surface area contributed by atoms with E-state index in [0.29, 0.717) is 12.3 Å². The van der Waals surface area contributed by atoms with Gasteiger partial charge in [0.1, 0.15) is 5.82 Å². The van der Waals surface area contributed by atoms with Crippen molar-refractivity contribution in [1.82, 2.24) is 0 Å². The molecule has 0 fully saturated rings. The highest BCUT2D eigenvalue weighted by Crippen LogP contribution is 2.17. The number of nitrogens with one attached hydrogen (secondary N) is 2. The van der Waals surface area contributed by atoms with Crippen LogP contribution in [0.1, 0.15) is 5.56 Å². The van der Waals surface area contributed by atoms with Gasteiger partial charge in [0, 0.05) is 24.7 Å². The van der Waals surface area contributed by atoms with E-state index >= 15 is 0 Å². The molecule has 23 heavy (non-hydrogen) atoms. The van der Waals surface area contributed by atoms with Crippen LogP contribution in [0, 0.1) is 5.82 Å². The van der Waals surface area contributed by atoms with E-state index in [9.17, 15) is 13.4 Å². The Hall–Kier alpha value is -2.25. The number of amides is 2. The third-order valence-electron chi connectivity index (χ3n) is 3.02. The van der Waals surface area contributed by atoms with Crippen LogP contribution in [0.15, 0.2) is 47.4 Å². The van der Waals surface area contributed by atoms with Gasteiger partial charge in [0.15, 0.2) is 0 Å². The fourth-order valence-electron chi connectivity index (χ4n) is 1.96. The zero-order valence-corrected chi connectivity index (χ0v) is 13.6. The van der Waals surface area contributed by atoms with Crippen molar-refractivity contribution in [1.29, 1.82) is 0 Å². The van der Waals surface area contributed by atoms with Crippen LogP contribution in [-0.2, 0) is 22.1 Å². The summed E-state index contributed by atoms with van der Waals surface area (Å²) in [4.78, 5) is 12.0. The lowest BCUT2D eigenvalue weighted by Gasteiger charge is -2.09. The van der Waals surface area contributed by atoms with Crippen molar-refractivity contribution in [2.45, 2.75) is 11.5 Å². The highest BCUT2D eigenvalue weighted by Gasteiger charge is 2.09. The Labute approximate surface area is 136 Å². The Morgan fingerprint density at radius 1 is 1.13 bits per heavy atom. The summed E-state index contributed by atoms with van der Waals surface area (Å²) in [7, 11) is 0.199. The number of hydrogen-bond acceptors (Lipinski definition) is 3. The van der Waals surface area contributed by atoms with Gasteiger partial charge in [-0.1, -0.05) is 12.1 Å². The fourth-order valence-corrected chi connectivity index (χ4v) is 2.55. The Kier molecular flexibility index (Phi) is 5.84. The average Bonchev–Trinajstić information content (AvgIpc) is 2.49. The normalized spacial score (nSPS) is 11.8. The van der Waals surface area contributed by atoms with Crippen molar-refractivity contribution in [2.75, 3.05) is 24.0 Å². The van der Waals surface area contributed by atoms with Crippen LogP contribution in [-0.4, -0.2) is 23.6 Å². The standard InChI is InChI=1S/C16H17FN2O3S/c1-22-10-11-3-5-12(6-4-11)18-16(20)19-13-7-8-15(23(2)21)14(17)9-13/h3-9H,10H2,1-2H3,(H2,18,19,20)/t23-/m1/s1. The highest BCUT2D eigenvalue weighted by molar-refractivity contribution is 7.84. The quantitative estimate of drug-likeness (QED) is 0.880. The van der Waals surface area contributed by atoms with E-state index in [1.165, 1.54) is 18.4 Å². The number of hydrogen-bond donors (Lipinski definition) is 2. The third-order valence-corrected chi connectivity index (χ3v) is 3.97. The number of ether oxygens (including phenoxy) is 1. The molecule has 0 saturated carbocycles. The Balaban J connectivity index is 1.99. The molecule has 0 saturated heterocycles. The molecule has 0 spiro atoms. The molecule has 0 aromatic heterocycles. The van der Waals surface area contributed by atoms with E-state index in [4.69, 9.17) is 4.74 Å². The lowest BCUT2D eigenvalue weighted by Crippen LogP contribution is -2.19. The van der Waals surface area contributed by atoms with E-state index < -0.39 is 22.6 Å². The fraction of sp³-hybridized carbons (Fsp3) is 0.188. The van der Waals surface area contributed by atoms with Crippen LogP contribution in [0.5, 0.6) is 0 Å². The predicted octanol–water partition coefficient (Wildman–Crippen LogP) is 3.35. The molecule has 0 aliphatic heterocycles. The molecule has 122 valence electrons. The summed E-state index contributed by atoms with van der Waals surface area (Å²) in [5.74, 6) is -0.618.